The summed E-state index contributed by atoms with van der Waals surface area (Å²) in [5.41, 5.74) is 1.75. The minimum Gasteiger partial charge on any atom is -0.444 e. The first kappa shape index (κ1) is 15.5. The first-order valence-electron chi connectivity index (χ1n) is 7.21. The summed E-state index contributed by atoms with van der Waals surface area (Å²) in [4.78, 5) is 24.8. The van der Waals surface area contributed by atoms with Crippen LogP contribution in [0.2, 0.25) is 0 Å². The third-order valence-corrected chi connectivity index (χ3v) is 3.66. The third kappa shape index (κ3) is 3.25. The molecule has 1 aromatic rings. The molecule has 0 spiro atoms. The van der Waals surface area contributed by atoms with Gasteiger partial charge < -0.3 is 9.64 Å². The highest BCUT2D eigenvalue weighted by Gasteiger charge is 2.32. The molecule has 1 saturated heterocycles. The quantitative estimate of drug-likeness (QED) is 0.786. The molecule has 1 aromatic heterocycles. The van der Waals surface area contributed by atoms with Gasteiger partial charge in [0.05, 0.1) is 17.3 Å². The fourth-order valence-electron chi connectivity index (χ4n) is 2.64. The molecule has 1 unspecified atom stereocenters. The summed E-state index contributed by atoms with van der Waals surface area (Å²) in [5, 5.41) is 4.44. The molecule has 0 saturated carbocycles. The summed E-state index contributed by atoms with van der Waals surface area (Å²) in [6, 6.07) is 0.102. The number of nitrogens with zero attached hydrogens (tertiary/aromatic N) is 3. The van der Waals surface area contributed by atoms with Crippen LogP contribution in [0.5, 0.6) is 0 Å². The van der Waals surface area contributed by atoms with E-state index in [1.807, 2.05) is 39.3 Å². The van der Waals surface area contributed by atoms with E-state index < -0.39 is 5.60 Å². The molecule has 21 heavy (non-hydrogen) atoms. The predicted octanol–water partition coefficient (Wildman–Crippen LogP) is 2.49. The lowest BCUT2D eigenvalue weighted by atomic mass is 10.2. The predicted molar refractivity (Wildman–Crippen MR) is 78.5 cm³/mol. The largest absolute Gasteiger partial charge is 0.444 e. The monoisotopic (exact) mass is 293 g/mol. The van der Waals surface area contributed by atoms with E-state index in [2.05, 4.69) is 5.10 Å². The van der Waals surface area contributed by atoms with Crippen molar-refractivity contribution in [1.82, 2.24) is 14.7 Å². The number of amides is 1. The van der Waals surface area contributed by atoms with Gasteiger partial charge in [-0.1, -0.05) is 0 Å². The summed E-state index contributed by atoms with van der Waals surface area (Å²) in [5.74, 6) is 0. The molecule has 0 bridgehead atoms. The van der Waals surface area contributed by atoms with E-state index in [9.17, 15) is 9.59 Å². The van der Waals surface area contributed by atoms with Crippen LogP contribution >= 0.6 is 0 Å². The molecule has 1 fully saturated rings. The number of rotatable bonds is 2. The molecule has 0 aromatic carbocycles. The molecule has 0 aliphatic carbocycles. The van der Waals surface area contributed by atoms with Crippen molar-refractivity contribution in [1.29, 1.82) is 0 Å². The molecule has 0 N–H and O–H groups in total. The zero-order valence-corrected chi connectivity index (χ0v) is 13.3. The number of aryl methyl sites for hydroxylation is 1. The van der Waals surface area contributed by atoms with E-state index in [0.29, 0.717) is 18.7 Å². The number of hydrogen-bond donors (Lipinski definition) is 0. The van der Waals surface area contributed by atoms with Gasteiger partial charge in [-0.05, 0) is 41.0 Å². The average Bonchev–Trinajstić information content (AvgIpc) is 2.92. The fraction of sp³-hybridized carbons (Fsp3) is 0.667. The number of likely N-dealkylation sites (tertiary alicyclic amines) is 1. The highest BCUT2D eigenvalue weighted by Crippen LogP contribution is 2.26. The molecule has 1 amide bonds. The Hall–Kier alpha value is -1.85. The number of aldehydes is 1. The zero-order chi connectivity index (χ0) is 15.8. The van der Waals surface area contributed by atoms with Gasteiger partial charge in [0, 0.05) is 18.8 Å². The minimum absolute atomic E-state index is 0.102. The second-order valence-electron chi connectivity index (χ2n) is 6.52. The standard InChI is InChI=1S/C15H23N3O3/c1-10-13(9-19)11(2)18(16-10)12-6-7-17(8-12)14(20)21-15(3,4)5/h9,12H,6-8H2,1-5H3. The van der Waals surface area contributed by atoms with Crippen LogP contribution in [0.4, 0.5) is 4.79 Å². The Morgan fingerprint density at radius 2 is 2.05 bits per heavy atom. The maximum Gasteiger partial charge on any atom is 0.410 e. The molecular weight excluding hydrogens is 270 g/mol. The smallest absolute Gasteiger partial charge is 0.410 e. The van der Waals surface area contributed by atoms with Crippen molar-refractivity contribution in [2.75, 3.05) is 13.1 Å². The number of carbonyl (C=O) groups is 2. The van der Waals surface area contributed by atoms with Gasteiger partial charge in [0.25, 0.3) is 0 Å². The zero-order valence-electron chi connectivity index (χ0n) is 13.3. The summed E-state index contributed by atoms with van der Waals surface area (Å²) in [6.45, 7) is 10.5. The van der Waals surface area contributed by atoms with Gasteiger partial charge in [0.15, 0.2) is 6.29 Å². The van der Waals surface area contributed by atoms with Crippen molar-refractivity contribution >= 4 is 12.4 Å². The van der Waals surface area contributed by atoms with E-state index in [-0.39, 0.29) is 12.1 Å². The molecular formula is C15H23N3O3. The van der Waals surface area contributed by atoms with E-state index in [0.717, 1.165) is 24.1 Å². The summed E-state index contributed by atoms with van der Waals surface area (Å²) < 4.78 is 7.25. The van der Waals surface area contributed by atoms with Crippen LogP contribution in [0.1, 0.15) is 55.0 Å². The summed E-state index contributed by atoms with van der Waals surface area (Å²) in [7, 11) is 0. The number of aromatic nitrogens is 2. The second kappa shape index (κ2) is 5.50. The maximum atomic E-state index is 12.1. The molecule has 1 aliphatic rings. The van der Waals surface area contributed by atoms with Gasteiger partial charge in [0.1, 0.15) is 5.60 Å². The number of ether oxygens (including phenoxy) is 1. The van der Waals surface area contributed by atoms with E-state index in [4.69, 9.17) is 4.74 Å². The summed E-state index contributed by atoms with van der Waals surface area (Å²) >= 11 is 0. The third-order valence-electron chi connectivity index (χ3n) is 3.66. The lowest BCUT2D eigenvalue weighted by molar-refractivity contribution is 0.0288. The van der Waals surface area contributed by atoms with Crippen LogP contribution in [0.25, 0.3) is 0 Å². The van der Waals surface area contributed by atoms with Gasteiger partial charge in [0.2, 0.25) is 0 Å². The molecule has 2 heterocycles. The molecule has 1 atom stereocenters. The van der Waals surface area contributed by atoms with Crippen LogP contribution in [-0.4, -0.2) is 45.8 Å². The van der Waals surface area contributed by atoms with Crippen molar-refractivity contribution in [3.05, 3.63) is 17.0 Å². The van der Waals surface area contributed by atoms with Crippen molar-refractivity contribution in [2.24, 2.45) is 0 Å². The fourth-order valence-corrected chi connectivity index (χ4v) is 2.64. The topological polar surface area (TPSA) is 64.4 Å². The van der Waals surface area contributed by atoms with Gasteiger partial charge in [-0.15, -0.1) is 0 Å². The highest BCUT2D eigenvalue weighted by molar-refractivity contribution is 5.78. The van der Waals surface area contributed by atoms with Crippen LogP contribution in [0, 0.1) is 13.8 Å². The Bertz CT molecular complexity index is 557. The molecule has 0 radical (unpaired) electrons. The minimum atomic E-state index is -0.488. The molecule has 116 valence electrons. The first-order chi connectivity index (χ1) is 9.73. The number of carbonyl (C=O) groups excluding carboxylic acids is 2. The van der Waals surface area contributed by atoms with Crippen molar-refractivity contribution < 1.29 is 14.3 Å². The van der Waals surface area contributed by atoms with Gasteiger partial charge in [-0.3, -0.25) is 9.48 Å². The van der Waals surface area contributed by atoms with Crippen molar-refractivity contribution in [3.8, 4) is 0 Å². The Morgan fingerprint density at radius 1 is 1.38 bits per heavy atom. The lowest BCUT2D eigenvalue weighted by Crippen LogP contribution is -2.35. The second-order valence-corrected chi connectivity index (χ2v) is 6.52. The SMILES string of the molecule is Cc1nn(C2CCN(C(=O)OC(C)(C)C)C2)c(C)c1C=O. The average molecular weight is 293 g/mol. The van der Waals surface area contributed by atoms with Crippen LogP contribution < -0.4 is 0 Å². The number of hydrogen-bond acceptors (Lipinski definition) is 4. The Kier molecular flexibility index (Phi) is 4.07. The van der Waals surface area contributed by atoms with Crippen LogP contribution in [-0.2, 0) is 4.74 Å². The van der Waals surface area contributed by atoms with Gasteiger partial charge in [-0.25, -0.2) is 4.79 Å². The van der Waals surface area contributed by atoms with Gasteiger partial charge >= 0.3 is 6.09 Å². The molecule has 2 rings (SSSR count). The van der Waals surface area contributed by atoms with Gasteiger partial charge in [-0.2, -0.15) is 5.10 Å². The van der Waals surface area contributed by atoms with E-state index in [1.165, 1.54) is 0 Å². The Labute approximate surface area is 125 Å². The lowest BCUT2D eigenvalue weighted by Gasteiger charge is -2.24. The molecule has 6 nitrogen and oxygen atoms in total. The Morgan fingerprint density at radius 3 is 2.57 bits per heavy atom. The normalized spacial score (nSPS) is 18.9. The highest BCUT2D eigenvalue weighted by atomic mass is 16.6. The van der Waals surface area contributed by atoms with Crippen molar-refractivity contribution in [2.45, 2.75) is 52.7 Å². The Balaban J connectivity index is 2.09. The van der Waals surface area contributed by atoms with Crippen LogP contribution in [0.3, 0.4) is 0 Å². The molecule has 6 heteroatoms. The van der Waals surface area contributed by atoms with E-state index >= 15 is 0 Å². The first-order valence-corrected chi connectivity index (χ1v) is 7.21. The molecule has 1 aliphatic heterocycles. The summed E-state index contributed by atoms with van der Waals surface area (Å²) in [6.07, 6.45) is 1.37. The van der Waals surface area contributed by atoms with Crippen molar-refractivity contribution in [3.63, 3.8) is 0 Å². The van der Waals surface area contributed by atoms with Crippen LogP contribution in [0.15, 0.2) is 0 Å². The maximum absolute atomic E-state index is 12.1. The van der Waals surface area contributed by atoms with E-state index in [1.54, 1.807) is 4.90 Å².